The van der Waals surface area contributed by atoms with E-state index in [0.717, 1.165) is 15.5 Å². The molecule has 0 amide bonds. The lowest BCUT2D eigenvalue weighted by Gasteiger charge is -2.09. The van der Waals surface area contributed by atoms with Gasteiger partial charge in [0.2, 0.25) is 5.88 Å². The molecule has 1 N–H and O–H groups in total. The molecular formula is C21H15ClF3N3O2S. The predicted octanol–water partition coefficient (Wildman–Crippen LogP) is 5.51. The molecule has 4 aromatic rings. The first-order valence-electron chi connectivity index (χ1n) is 9.05. The Bertz CT molecular complexity index is 1330. The summed E-state index contributed by atoms with van der Waals surface area (Å²) in [6.07, 6.45) is 0. The van der Waals surface area contributed by atoms with E-state index in [9.17, 15) is 23.1 Å². The molecule has 0 bridgehead atoms. The number of thioether (sulfide) groups is 1. The molecule has 0 spiro atoms. The van der Waals surface area contributed by atoms with Crippen LogP contribution in [0.1, 0.15) is 11.3 Å². The molecule has 2 aromatic carbocycles. The van der Waals surface area contributed by atoms with Gasteiger partial charge in [0.25, 0.3) is 0 Å². The van der Waals surface area contributed by atoms with Crippen molar-refractivity contribution in [1.82, 2.24) is 14.1 Å². The lowest BCUT2D eigenvalue weighted by atomic mass is 10.1. The Morgan fingerprint density at radius 3 is 2.48 bits per heavy atom. The molecule has 0 saturated heterocycles. The van der Waals surface area contributed by atoms with Gasteiger partial charge in [-0.05, 0) is 60.6 Å². The number of pyridine rings is 1. The van der Waals surface area contributed by atoms with E-state index >= 15 is 0 Å². The van der Waals surface area contributed by atoms with Crippen LogP contribution in [-0.2, 0) is 6.54 Å². The van der Waals surface area contributed by atoms with Gasteiger partial charge in [-0.25, -0.2) is 14.3 Å². The third-order valence-corrected chi connectivity index (χ3v) is 5.72. The molecule has 0 aliphatic carbocycles. The Morgan fingerprint density at radius 1 is 1.13 bits per heavy atom. The van der Waals surface area contributed by atoms with Gasteiger partial charge in [-0.15, -0.1) is 0 Å². The Kier molecular flexibility index (Phi) is 5.49. The zero-order chi connectivity index (χ0) is 22.3. The predicted molar refractivity (Wildman–Crippen MR) is 114 cm³/mol. The molecule has 0 unspecified atom stereocenters. The molecule has 0 aliphatic rings. The molecule has 0 aliphatic heterocycles. The van der Waals surface area contributed by atoms with E-state index in [0.29, 0.717) is 11.2 Å². The monoisotopic (exact) mass is 465 g/mol. The van der Waals surface area contributed by atoms with Crippen LogP contribution in [0, 0.1) is 6.92 Å². The van der Waals surface area contributed by atoms with Crippen LogP contribution >= 0.6 is 23.4 Å². The second-order valence-electron chi connectivity index (χ2n) is 6.78. The zero-order valence-corrected chi connectivity index (χ0v) is 17.6. The number of alkyl halides is 3. The fraction of sp³-hybridized carbons (Fsp3) is 0.143. The average Bonchev–Trinajstić information content (AvgIpc) is 2.91. The number of hydrogen-bond acceptors (Lipinski definition) is 4. The van der Waals surface area contributed by atoms with Crippen LogP contribution in [-0.4, -0.2) is 24.7 Å². The molecule has 0 atom stereocenters. The van der Waals surface area contributed by atoms with Gasteiger partial charge in [0.1, 0.15) is 5.15 Å². The van der Waals surface area contributed by atoms with E-state index in [1.807, 2.05) is 24.3 Å². The highest BCUT2D eigenvalue weighted by molar-refractivity contribution is 8.00. The molecule has 0 radical (unpaired) electrons. The van der Waals surface area contributed by atoms with E-state index in [1.54, 1.807) is 13.0 Å². The number of imidazole rings is 1. The number of aromatic nitrogens is 3. The Hall–Kier alpha value is -2.91. The number of para-hydroxylation sites is 1. The van der Waals surface area contributed by atoms with Gasteiger partial charge in [0.15, 0.2) is 0 Å². The van der Waals surface area contributed by atoms with Crippen LogP contribution in [0.5, 0.6) is 5.88 Å². The van der Waals surface area contributed by atoms with Crippen molar-refractivity contribution in [2.45, 2.75) is 23.9 Å². The van der Waals surface area contributed by atoms with E-state index in [1.165, 1.54) is 28.8 Å². The van der Waals surface area contributed by atoms with Crippen molar-refractivity contribution in [3.8, 4) is 11.6 Å². The minimum absolute atomic E-state index is 0.0159. The molecule has 4 rings (SSSR count). The van der Waals surface area contributed by atoms with Crippen molar-refractivity contribution < 1.29 is 18.3 Å². The summed E-state index contributed by atoms with van der Waals surface area (Å²) in [4.78, 5) is 17.3. The number of benzene rings is 2. The lowest BCUT2D eigenvalue weighted by Crippen LogP contribution is -2.24. The topological polar surface area (TPSA) is 60.1 Å². The van der Waals surface area contributed by atoms with Crippen molar-refractivity contribution in [1.29, 1.82) is 0 Å². The van der Waals surface area contributed by atoms with E-state index in [-0.39, 0.29) is 39.9 Å². The molecule has 31 heavy (non-hydrogen) atoms. The maximum atomic E-state index is 13.1. The second kappa shape index (κ2) is 7.97. The maximum Gasteiger partial charge on any atom is 0.446 e. The summed E-state index contributed by atoms with van der Waals surface area (Å²) in [5, 5.41) is 11.7. The summed E-state index contributed by atoms with van der Waals surface area (Å²) < 4.78 is 40.1. The van der Waals surface area contributed by atoms with Crippen LogP contribution in [0.2, 0.25) is 5.15 Å². The Morgan fingerprint density at radius 2 is 1.81 bits per heavy atom. The first kappa shape index (κ1) is 21.3. The SMILES string of the molecule is Cc1c(O)n(-c2ccc(SC(F)(F)F)cc2)c(=O)n1Cc1cc(Cl)nc2ccccc12. The normalized spacial score (nSPS) is 11.9. The lowest BCUT2D eigenvalue weighted by molar-refractivity contribution is -0.0328. The van der Waals surface area contributed by atoms with E-state index < -0.39 is 11.2 Å². The number of rotatable bonds is 4. The third kappa shape index (κ3) is 4.28. The fourth-order valence-electron chi connectivity index (χ4n) is 3.37. The number of aromatic hydroxyl groups is 1. The third-order valence-electron chi connectivity index (χ3n) is 4.79. The van der Waals surface area contributed by atoms with E-state index in [4.69, 9.17) is 11.6 Å². The van der Waals surface area contributed by atoms with Crippen molar-refractivity contribution in [2.24, 2.45) is 0 Å². The molecule has 2 aromatic heterocycles. The van der Waals surface area contributed by atoms with Gasteiger partial charge in [0, 0.05) is 10.3 Å². The maximum absolute atomic E-state index is 13.1. The molecule has 0 fully saturated rings. The van der Waals surface area contributed by atoms with Crippen molar-refractivity contribution >= 4 is 34.3 Å². The molecule has 0 saturated carbocycles. The van der Waals surface area contributed by atoms with Gasteiger partial charge < -0.3 is 5.11 Å². The molecule has 10 heteroatoms. The number of halogens is 4. The summed E-state index contributed by atoms with van der Waals surface area (Å²) in [5.41, 5.74) is -2.94. The summed E-state index contributed by atoms with van der Waals surface area (Å²) in [7, 11) is 0. The van der Waals surface area contributed by atoms with Crippen LogP contribution in [0.15, 0.2) is 64.3 Å². The Balaban J connectivity index is 1.75. The number of nitrogens with zero attached hydrogens (tertiary/aromatic N) is 3. The van der Waals surface area contributed by atoms with Gasteiger partial charge in [-0.2, -0.15) is 13.2 Å². The van der Waals surface area contributed by atoms with Crippen LogP contribution in [0.4, 0.5) is 13.2 Å². The van der Waals surface area contributed by atoms with Gasteiger partial charge in [-0.1, -0.05) is 29.8 Å². The van der Waals surface area contributed by atoms with Crippen molar-refractivity contribution in [2.75, 3.05) is 0 Å². The molecular weight excluding hydrogens is 451 g/mol. The Labute approximate surface area is 183 Å². The highest BCUT2D eigenvalue weighted by Gasteiger charge is 2.29. The smallest absolute Gasteiger partial charge is 0.446 e. The fourth-order valence-corrected chi connectivity index (χ4v) is 4.13. The van der Waals surface area contributed by atoms with Crippen molar-refractivity contribution in [3.63, 3.8) is 0 Å². The minimum Gasteiger partial charge on any atom is -0.493 e. The standard InChI is InChI=1S/C21H15ClF3N3O2S/c1-12-19(29)28(14-6-8-15(9-7-14)31-21(23,24)25)20(30)27(12)11-13-10-18(22)26-17-5-3-2-4-16(13)17/h2-10,29H,11H2,1H3. The highest BCUT2D eigenvalue weighted by Crippen LogP contribution is 2.37. The number of hydrogen-bond donors (Lipinski definition) is 1. The second-order valence-corrected chi connectivity index (χ2v) is 8.30. The molecule has 160 valence electrons. The highest BCUT2D eigenvalue weighted by atomic mass is 35.5. The van der Waals surface area contributed by atoms with Gasteiger partial charge in [-0.3, -0.25) is 4.57 Å². The van der Waals surface area contributed by atoms with Gasteiger partial charge >= 0.3 is 11.2 Å². The molecule has 5 nitrogen and oxygen atoms in total. The summed E-state index contributed by atoms with van der Waals surface area (Å²) >= 11 is 5.88. The van der Waals surface area contributed by atoms with Crippen molar-refractivity contribution in [3.05, 3.63) is 81.5 Å². The average molecular weight is 466 g/mol. The number of fused-ring (bicyclic) bond motifs is 1. The van der Waals surface area contributed by atoms with Crippen LogP contribution in [0.25, 0.3) is 16.6 Å². The van der Waals surface area contributed by atoms with E-state index in [2.05, 4.69) is 4.98 Å². The largest absolute Gasteiger partial charge is 0.493 e. The van der Waals surface area contributed by atoms with Gasteiger partial charge in [0.05, 0.1) is 23.4 Å². The first-order valence-corrected chi connectivity index (χ1v) is 10.2. The van der Waals surface area contributed by atoms with Crippen LogP contribution < -0.4 is 5.69 Å². The zero-order valence-electron chi connectivity index (χ0n) is 16.0. The summed E-state index contributed by atoms with van der Waals surface area (Å²) in [6.45, 7) is 1.72. The summed E-state index contributed by atoms with van der Waals surface area (Å²) in [6, 6.07) is 14.2. The minimum atomic E-state index is -4.41. The first-order chi connectivity index (χ1) is 14.6. The summed E-state index contributed by atoms with van der Waals surface area (Å²) in [5.74, 6) is -0.286. The quantitative estimate of drug-likeness (QED) is 0.319. The molecule has 2 heterocycles. The van der Waals surface area contributed by atoms with Crippen LogP contribution in [0.3, 0.4) is 0 Å².